The Morgan fingerprint density at radius 3 is 2.92 bits per heavy atom. The first-order valence-electron chi connectivity index (χ1n) is 5.05. The van der Waals surface area contributed by atoms with E-state index in [1.54, 1.807) is 0 Å². The van der Waals surface area contributed by atoms with Gasteiger partial charge in [-0.05, 0) is 44.8 Å². The van der Waals surface area contributed by atoms with Gasteiger partial charge in [-0.3, -0.25) is 4.68 Å². The van der Waals surface area contributed by atoms with Crippen molar-refractivity contribution in [1.29, 1.82) is 0 Å². The summed E-state index contributed by atoms with van der Waals surface area (Å²) in [5, 5.41) is 7.69. The predicted molar refractivity (Wildman–Crippen MR) is 52.6 cm³/mol. The highest BCUT2D eigenvalue weighted by molar-refractivity contribution is 4.96. The van der Waals surface area contributed by atoms with Crippen LogP contribution in [0.4, 0.5) is 0 Å². The van der Waals surface area contributed by atoms with Crippen LogP contribution in [0.1, 0.15) is 18.5 Å². The molecule has 3 heteroatoms. The Balaban J connectivity index is 1.93. The second kappa shape index (κ2) is 3.92. The summed E-state index contributed by atoms with van der Waals surface area (Å²) in [5.41, 5.74) is 1.28. The zero-order valence-corrected chi connectivity index (χ0v) is 8.16. The van der Waals surface area contributed by atoms with Crippen LogP contribution in [0.15, 0.2) is 12.3 Å². The minimum Gasteiger partial charge on any atom is -0.317 e. The predicted octanol–water partition coefficient (Wildman–Crippen LogP) is 1.19. The Morgan fingerprint density at radius 2 is 2.31 bits per heavy atom. The van der Waals surface area contributed by atoms with Gasteiger partial charge >= 0.3 is 0 Å². The summed E-state index contributed by atoms with van der Waals surface area (Å²) in [5.74, 6) is 0.819. The molecule has 1 saturated heterocycles. The maximum atomic E-state index is 4.31. The molecule has 0 atom stereocenters. The lowest BCUT2D eigenvalue weighted by Crippen LogP contribution is -2.30. The molecule has 0 bridgehead atoms. The Labute approximate surface area is 79.1 Å². The minimum atomic E-state index is 0.819. The fraction of sp³-hybridized carbons (Fsp3) is 0.700. The molecule has 13 heavy (non-hydrogen) atoms. The second-order valence-corrected chi connectivity index (χ2v) is 3.85. The second-order valence-electron chi connectivity index (χ2n) is 3.85. The van der Waals surface area contributed by atoms with Gasteiger partial charge in [0.25, 0.3) is 0 Å². The van der Waals surface area contributed by atoms with Gasteiger partial charge in [0.15, 0.2) is 0 Å². The number of aryl methyl sites for hydroxylation is 1. The van der Waals surface area contributed by atoms with Crippen molar-refractivity contribution in [1.82, 2.24) is 15.1 Å². The first kappa shape index (κ1) is 8.75. The molecule has 1 N–H and O–H groups in total. The molecule has 1 aliphatic rings. The average Bonchev–Trinajstić information content (AvgIpc) is 2.54. The molecule has 0 aliphatic carbocycles. The highest BCUT2D eigenvalue weighted by Crippen LogP contribution is 2.14. The molecule has 2 rings (SSSR count). The average molecular weight is 179 g/mol. The lowest BCUT2D eigenvalue weighted by molar-refractivity contribution is 0.319. The monoisotopic (exact) mass is 179 g/mol. The molecule has 1 aromatic rings. The molecule has 0 amide bonds. The summed E-state index contributed by atoms with van der Waals surface area (Å²) in [6.07, 6.45) is 4.47. The third kappa shape index (κ3) is 2.10. The van der Waals surface area contributed by atoms with E-state index in [9.17, 15) is 0 Å². The van der Waals surface area contributed by atoms with E-state index in [0.717, 1.165) is 12.5 Å². The third-order valence-corrected chi connectivity index (χ3v) is 2.82. The number of rotatable bonds is 2. The van der Waals surface area contributed by atoms with E-state index in [1.807, 2.05) is 6.20 Å². The van der Waals surface area contributed by atoms with E-state index >= 15 is 0 Å². The van der Waals surface area contributed by atoms with Crippen molar-refractivity contribution in [2.24, 2.45) is 5.92 Å². The Hall–Kier alpha value is -0.830. The molecule has 1 aliphatic heterocycles. The molecule has 3 nitrogen and oxygen atoms in total. The number of aromatic nitrogens is 2. The largest absolute Gasteiger partial charge is 0.317 e. The molecule has 72 valence electrons. The van der Waals surface area contributed by atoms with Crippen molar-refractivity contribution in [2.75, 3.05) is 13.1 Å². The van der Waals surface area contributed by atoms with Crippen LogP contribution in [0.5, 0.6) is 0 Å². The number of nitrogens with one attached hydrogen (secondary N) is 1. The van der Waals surface area contributed by atoms with Crippen molar-refractivity contribution in [3.63, 3.8) is 0 Å². The SMILES string of the molecule is Cc1ccnn1CC1CCNCC1. The van der Waals surface area contributed by atoms with Crippen molar-refractivity contribution >= 4 is 0 Å². The molecule has 0 aromatic carbocycles. The summed E-state index contributed by atoms with van der Waals surface area (Å²) < 4.78 is 2.12. The lowest BCUT2D eigenvalue weighted by atomic mass is 9.98. The molecular weight excluding hydrogens is 162 g/mol. The molecule has 0 radical (unpaired) electrons. The van der Waals surface area contributed by atoms with Gasteiger partial charge < -0.3 is 5.32 Å². The van der Waals surface area contributed by atoms with Gasteiger partial charge in [-0.25, -0.2) is 0 Å². The van der Waals surface area contributed by atoms with Gasteiger partial charge in [-0.15, -0.1) is 0 Å². The van der Waals surface area contributed by atoms with Crippen LogP contribution >= 0.6 is 0 Å². The molecule has 0 saturated carbocycles. The molecular formula is C10H17N3. The fourth-order valence-corrected chi connectivity index (χ4v) is 1.90. The summed E-state index contributed by atoms with van der Waals surface area (Å²) >= 11 is 0. The normalized spacial score (nSPS) is 19.2. The molecule has 1 fully saturated rings. The minimum absolute atomic E-state index is 0.819. The van der Waals surface area contributed by atoms with Crippen molar-refractivity contribution in [2.45, 2.75) is 26.3 Å². The summed E-state index contributed by atoms with van der Waals surface area (Å²) in [7, 11) is 0. The summed E-state index contributed by atoms with van der Waals surface area (Å²) in [6, 6.07) is 2.07. The zero-order chi connectivity index (χ0) is 9.10. The Morgan fingerprint density at radius 1 is 1.54 bits per heavy atom. The number of nitrogens with zero attached hydrogens (tertiary/aromatic N) is 2. The number of piperidine rings is 1. The topological polar surface area (TPSA) is 29.9 Å². The van der Waals surface area contributed by atoms with E-state index in [4.69, 9.17) is 0 Å². The first-order chi connectivity index (χ1) is 6.36. The number of hydrogen-bond acceptors (Lipinski definition) is 2. The molecule has 0 unspecified atom stereocenters. The van der Waals surface area contributed by atoms with Crippen LogP contribution in [0, 0.1) is 12.8 Å². The van der Waals surface area contributed by atoms with Crippen LogP contribution in [-0.2, 0) is 6.54 Å². The fourth-order valence-electron chi connectivity index (χ4n) is 1.90. The number of hydrogen-bond donors (Lipinski definition) is 1. The highest BCUT2D eigenvalue weighted by atomic mass is 15.3. The smallest absolute Gasteiger partial charge is 0.0492 e. The van der Waals surface area contributed by atoms with Crippen LogP contribution < -0.4 is 5.32 Å². The van der Waals surface area contributed by atoms with Gasteiger partial charge in [0.1, 0.15) is 0 Å². The van der Waals surface area contributed by atoms with Crippen LogP contribution in [0.3, 0.4) is 0 Å². The molecule has 1 aromatic heterocycles. The molecule has 0 spiro atoms. The zero-order valence-electron chi connectivity index (χ0n) is 8.16. The van der Waals surface area contributed by atoms with Gasteiger partial charge in [-0.1, -0.05) is 0 Å². The van der Waals surface area contributed by atoms with E-state index in [0.29, 0.717) is 0 Å². The maximum absolute atomic E-state index is 4.31. The maximum Gasteiger partial charge on any atom is 0.0492 e. The van der Waals surface area contributed by atoms with Gasteiger partial charge in [0, 0.05) is 18.4 Å². The quantitative estimate of drug-likeness (QED) is 0.739. The standard InChI is InChI=1S/C10H17N3/c1-9-2-7-12-13(9)8-10-3-5-11-6-4-10/h2,7,10-11H,3-6,8H2,1H3. The van der Waals surface area contributed by atoms with Crippen molar-refractivity contribution in [3.05, 3.63) is 18.0 Å². The van der Waals surface area contributed by atoms with E-state index in [2.05, 4.69) is 28.1 Å². The third-order valence-electron chi connectivity index (χ3n) is 2.82. The van der Waals surface area contributed by atoms with Gasteiger partial charge in [-0.2, -0.15) is 5.10 Å². The Bertz CT molecular complexity index is 261. The van der Waals surface area contributed by atoms with Crippen molar-refractivity contribution in [3.8, 4) is 0 Å². The molecule has 2 heterocycles. The summed E-state index contributed by atoms with van der Waals surface area (Å²) in [4.78, 5) is 0. The first-order valence-corrected chi connectivity index (χ1v) is 5.05. The Kier molecular flexibility index (Phi) is 2.64. The van der Waals surface area contributed by atoms with E-state index in [-0.39, 0.29) is 0 Å². The van der Waals surface area contributed by atoms with Crippen LogP contribution in [0.2, 0.25) is 0 Å². The van der Waals surface area contributed by atoms with Crippen molar-refractivity contribution < 1.29 is 0 Å². The highest BCUT2D eigenvalue weighted by Gasteiger charge is 2.13. The van der Waals surface area contributed by atoms with Gasteiger partial charge in [0.2, 0.25) is 0 Å². The van der Waals surface area contributed by atoms with Gasteiger partial charge in [0.05, 0.1) is 0 Å². The van der Waals surface area contributed by atoms with E-state index < -0.39 is 0 Å². The van der Waals surface area contributed by atoms with Crippen LogP contribution in [0.25, 0.3) is 0 Å². The van der Waals surface area contributed by atoms with E-state index in [1.165, 1.54) is 31.6 Å². The van der Waals surface area contributed by atoms with Crippen LogP contribution in [-0.4, -0.2) is 22.9 Å². The lowest BCUT2D eigenvalue weighted by Gasteiger charge is -2.22. The summed E-state index contributed by atoms with van der Waals surface area (Å²) in [6.45, 7) is 5.56.